The van der Waals surface area contributed by atoms with Crippen LogP contribution in [0.25, 0.3) is 0 Å². The monoisotopic (exact) mass is 384 g/mol. The number of nitrogens with zero attached hydrogens (tertiary/aromatic N) is 2. The molecule has 1 aromatic rings. The molecule has 4 rings (SSSR count). The molecule has 0 radical (unpaired) electrons. The summed E-state index contributed by atoms with van der Waals surface area (Å²) in [6.45, 7) is 7.17. The molecule has 1 spiro atoms. The first-order chi connectivity index (χ1) is 13.6. The number of benzene rings is 1. The zero-order valence-corrected chi connectivity index (χ0v) is 17.0. The normalized spacial score (nSPS) is 22.9. The van der Waals surface area contributed by atoms with Crippen LogP contribution in [-0.4, -0.2) is 61.0 Å². The molecule has 2 heterocycles. The van der Waals surface area contributed by atoms with Crippen LogP contribution in [0.1, 0.15) is 50.2 Å². The fourth-order valence-electron chi connectivity index (χ4n) is 5.43. The molecule has 0 bridgehead atoms. The van der Waals surface area contributed by atoms with Crippen LogP contribution in [0.2, 0.25) is 0 Å². The van der Waals surface area contributed by atoms with E-state index in [1.807, 2.05) is 11.8 Å². The average molecular weight is 385 g/mol. The third-order valence-electron chi connectivity index (χ3n) is 6.98. The highest BCUT2D eigenvalue weighted by molar-refractivity contribution is 5.85. The number of fused-ring (bicyclic) bond motifs is 2. The molecule has 3 aliphatic rings. The lowest BCUT2D eigenvalue weighted by Crippen LogP contribution is -2.48. The quantitative estimate of drug-likeness (QED) is 0.801. The van der Waals surface area contributed by atoms with Gasteiger partial charge in [0.05, 0.1) is 6.61 Å². The summed E-state index contributed by atoms with van der Waals surface area (Å²) in [6.07, 6.45) is 5.44. The van der Waals surface area contributed by atoms with E-state index in [4.69, 9.17) is 4.74 Å². The SMILES string of the molecule is CCOC(=O)N1CCC(CN2CCC3(CC2)CC(=O)Cc2ccccc23)CC1. The Labute approximate surface area is 168 Å². The summed E-state index contributed by atoms with van der Waals surface area (Å²) in [5, 5.41) is 0. The van der Waals surface area contributed by atoms with E-state index in [-0.39, 0.29) is 11.5 Å². The lowest BCUT2D eigenvalue weighted by Gasteiger charge is -2.46. The number of ether oxygens (including phenoxy) is 1. The second kappa shape index (κ2) is 8.24. The number of rotatable bonds is 3. The topological polar surface area (TPSA) is 49.9 Å². The molecule has 0 aromatic heterocycles. The highest BCUT2D eigenvalue weighted by atomic mass is 16.6. The van der Waals surface area contributed by atoms with Gasteiger partial charge in [0.15, 0.2) is 0 Å². The van der Waals surface area contributed by atoms with Crippen molar-refractivity contribution < 1.29 is 14.3 Å². The zero-order valence-electron chi connectivity index (χ0n) is 17.0. The van der Waals surface area contributed by atoms with Crippen molar-refractivity contribution in [3.8, 4) is 0 Å². The van der Waals surface area contributed by atoms with Crippen molar-refractivity contribution in [3.05, 3.63) is 35.4 Å². The Kier molecular flexibility index (Phi) is 5.72. The highest BCUT2D eigenvalue weighted by Crippen LogP contribution is 2.43. The summed E-state index contributed by atoms with van der Waals surface area (Å²) < 4.78 is 5.12. The van der Waals surface area contributed by atoms with Crippen LogP contribution in [-0.2, 0) is 21.4 Å². The summed E-state index contributed by atoms with van der Waals surface area (Å²) in [6, 6.07) is 8.57. The Hall–Kier alpha value is -1.88. The lowest BCUT2D eigenvalue weighted by molar-refractivity contribution is -0.120. The minimum Gasteiger partial charge on any atom is -0.450 e. The Morgan fingerprint density at radius 3 is 2.57 bits per heavy atom. The molecule has 2 fully saturated rings. The van der Waals surface area contributed by atoms with Crippen molar-refractivity contribution in [2.45, 2.75) is 50.9 Å². The van der Waals surface area contributed by atoms with Gasteiger partial charge >= 0.3 is 6.09 Å². The molecular weight excluding hydrogens is 352 g/mol. The molecule has 0 unspecified atom stereocenters. The highest BCUT2D eigenvalue weighted by Gasteiger charge is 2.42. The summed E-state index contributed by atoms with van der Waals surface area (Å²) in [5.74, 6) is 1.05. The smallest absolute Gasteiger partial charge is 0.409 e. The summed E-state index contributed by atoms with van der Waals surface area (Å²) in [7, 11) is 0. The van der Waals surface area contributed by atoms with Crippen molar-refractivity contribution in [2.24, 2.45) is 5.92 Å². The van der Waals surface area contributed by atoms with Crippen LogP contribution >= 0.6 is 0 Å². The Morgan fingerprint density at radius 2 is 1.86 bits per heavy atom. The predicted molar refractivity (Wildman–Crippen MR) is 108 cm³/mol. The van der Waals surface area contributed by atoms with Gasteiger partial charge in [0.2, 0.25) is 0 Å². The number of likely N-dealkylation sites (tertiary alicyclic amines) is 2. The molecule has 5 nitrogen and oxygen atoms in total. The van der Waals surface area contributed by atoms with Crippen molar-refractivity contribution in [1.82, 2.24) is 9.80 Å². The van der Waals surface area contributed by atoms with Crippen molar-refractivity contribution in [1.29, 1.82) is 0 Å². The molecule has 0 N–H and O–H groups in total. The van der Waals surface area contributed by atoms with E-state index in [0.29, 0.717) is 24.7 Å². The first kappa shape index (κ1) is 19.4. The summed E-state index contributed by atoms with van der Waals surface area (Å²) in [5.41, 5.74) is 2.74. The second-order valence-corrected chi connectivity index (χ2v) is 8.76. The Morgan fingerprint density at radius 1 is 1.14 bits per heavy atom. The van der Waals surface area contributed by atoms with Crippen LogP contribution in [0.5, 0.6) is 0 Å². The minimum atomic E-state index is -0.165. The number of carbonyl (C=O) groups excluding carboxylic acids is 2. The number of ketones is 1. The van der Waals surface area contributed by atoms with E-state index in [0.717, 1.165) is 64.8 Å². The fraction of sp³-hybridized carbons (Fsp3) is 0.652. The maximum atomic E-state index is 12.4. The van der Waals surface area contributed by atoms with Gasteiger partial charge in [-0.25, -0.2) is 4.79 Å². The van der Waals surface area contributed by atoms with E-state index in [2.05, 4.69) is 29.2 Å². The first-order valence-corrected chi connectivity index (χ1v) is 10.8. The predicted octanol–water partition coefficient (Wildman–Crippen LogP) is 3.40. The van der Waals surface area contributed by atoms with Crippen molar-refractivity contribution in [3.63, 3.8) is 0 Å². The molecule has 2 aliphatic heterocycles. The number of carbonyl (C=O) groups is 2. The molecule has 28 heavy (non-hydrogen) atoms. The third-order valence-corrected chi connectivity index (χ3v) is 6.98. The number of amides is 1. The molecule has 2 saturated heterocycles. The van der Waals surface area contributed by atoms with Gasteiger partial charge in [0, 0.05) is 37.9 Å². The molecule has 0 atom stereocenters. The molecular formula is C23H32N2O3. The third kappa shape index (κ3) is 3.95. The van der Waals surface area contributed by atoms with Crippen molar-refractivity contribution >= 4 is 11.9 Å². The maximum absolute atomic E-state index is 12.4. The van der Waals surface area contributed by atoms with Gasteiger partial charge in [-0.15, -0.1) is 0 Å². The number of piperidine rings is 2. The zero-order chi connectivity index (χ0) is 19.6. The van der Waals surface area contributed by atoms with Crippen molar-refractivity contribution in [2.75, 3.05) is 39.3 Å². The molecule has 0 saturated carbocycles. The van der Waals surface area contributed by atoms with Crippen LogP contribution < -0.4 is 0 Å². The van der Waals surface area contributed by atoms with Crippen LogP contribution in [0.15, 0.2) is 24.3 Å². The van der Waals surface area contributed by atoms with Crippen LogP contribution in [0, 0.1) is 5.92 Å². The number of Topliss-reactive ketones (excluding diaryl/α,β-unsaturated/α-hetero) is 1. The molecule has 152 valence electrons. The number of hydrogen-bond donors (Lipinski definition) is 0. The van der Waals surface area contributed by atoms with Gasteiger partial charge in [0.1, 0.15) is 5.78 Å². The van der Waals surface area contributed by atoms with Gasteiger partial charge in [-0.05, 0) is 62.7 Å². The molecule has 1 aliphatic carbocycles. The summed E-state index contributed by atoms with van der Waals surface area (Å²) in [4.78, 5) is 28.7. The minimum absolute atomic E-state index is 0.0652. The molecule has 1 amide bonds. The van der Waals surface area contributed by atoms with E-state index < -0.39 is 0 Å². The standard InChI is InChI=1S/C23H32N2O3/c1-2-28-22(27)25-11-7-18(8-12-25)17-24-13-9-23(10-14-24)16-20(26)15-19-5-3-4-6-21(19)23/h3-6,18H,2,7-17H2,1H3. The fourth-order valence-corrected chi connectivity index (χ4v) is 5.43. The average Bonchev–Trinajstić information content (AvgIpc) is 2.70. The van der Waals surface area contributed by atoms with E-state index in [1.165, 1.54) is 11.1 Å². The van der Waals surface area contributed by atoms with E-state index in [1.54, 1.807) is 0 Å². The second-order valence-electron chi connectivity index (χ2n) is 8.76. The van der Waals surface area contributed by atoms with Gasteiger partial charge in [0.25, 0.3) is 0 Å². The largest absolute Gasteiger partial charge is 0.450 e. The van der Waals surface area contributed by atoms with Crippen LogP contribution in [0.4, 0.5) is 4.79 Å². The Balaban J connectivity index is 1.31. The Bertz CT molecular complexity index is 716. The van der Waals surface area contributed by atoms with Gasteiger partial charge in [-0.1, -0.05) is 24.3 Å². The van der Waals surface area contributed by atoms with E-state index >= 15 is 0 Å². The summed E-state index contributed by atoms with van der Waals surface area (Å²) >= 11 is 0. The van der Waals surface area contributed by atoms with Gasteiger partial charge < -0.3 is 14.5 Å². The molecule has 5 heteroatoms. The number of hydrogen-bond acceptors (Lipinski definition) is 4. The first-order valence-electron chi connectivity index (χ1n) is 10.8. The van der Waals surface area contributed by atoms with E-state index in [9.17, 15) is 9.59 Å². The van der Waals surface area contributed by atoms with Gasteiger partial charge in [-0.3, -0.25) is 4.79 Å². The van der Waals surface area contributed by atoms with Gasteiger partial charge in [-0.2, -0.15) is 0 Å². The maximum Gasteiger partial charge on any atom is 0.409 e. The molecule has 1 aromatic carbocycles. The lowest BCUT2D eigenvalue weighted by atomic mass is 9.64. The van der Waals surface area contributed by atoms with Crippen LogP contribution in [0.3, 0.4) is 0 Å².